The number of hydrogen-bond donors (Lipinski definition) is 1. The molecule has 22 heavy (non-hydrogen) atoms. The number of nitriles is 1. The number of carbonyl (C=O) groups is 1. The summed E-state index contributed by atoms with van der Waals surface area (Å²) < 4.78 is 10.4. The number of methoxy groups -OCH3 is 1. The van der Waals surface area contributed by atoms with E-state index < -0.39 is 12.0 Å². The van der Waals surface area contributed by atoms with Gasteiger partial charge in [-0.3, -0.25) is 5.32 Å². The summed E-state index contributed by atoms with van der Waals surface area (Å²) in [7, 11) is 1.34. The average Bonchev–Trinajstić information content (AvgIpc) is 2.98. The molecule has 0 aliphatic rings. The van der Waals surface area contributed by atoms with Crippen molar-refractivity contribution in [1.29, 1.82) is 5.26 Å². The zero-order valence-electron chi connectivity index (χ0n) is 12.8. The lowest BCUT2D eigenvalue weighted by molar-refractivity contribution is -0.143. The Labute approximate surface area is 129 Å². The minimum absolute atomic E-state index is 0.177. The molecule has 1 N–H and O–H groups in total. The van der Waals surface area contributed by atoms with Gasteiger partial charge in [0.2, 0.25) is 0 Å². The van der Waals surface area contributed by atoms with Gasteiger partial charge in [0.15, 0.2) is 0 Å². The van der Waals surface area contributed by atoms with Gasteiger partial charge in [-0.05, 0) is 43.7 Å². The first-order valence-electron chi connectivity index (χ1n) is 6.95. The topological polar surface area (TPSA) is 75.3 Å². The summed E-state index contributed by atoms with van der Waals surface area (Å²) in [5.74, 6) is 1.14. The molecule has 0 saturated carbocycles. The predicted octanol–water partition coefficient (Wildman–Crippen LogP) is 3.02. The van der Waals surface area contributed by atoms with Gasteiger partial charge in [-0.25, -0.2) is 4.79 Å². The van der Waals surface area contributed by atoms with E-state index in [0.717, 1.165) is 11.5 Å². The molecule has 0 aliphatic carbocycles. The Hall–Kier alpha value is -2.58. The summed E-state index contributed by atoms with van der Waals surface area (Å²) in [4.78, 5) is 12.1. The van der Waals surface area contributed by atoms with Crippen molar-refractivity contribution in [2.24, 2.45) is 0 Å². The maximum atomic E-state index is 12.1. The summed E-state index contributed by atoms with van der Waals surface area (Å²) in [5.41, 5.74) is 1.18. The number of furan rings is 1. The summed E-state index contributed by atoms with van der Waals surface area (Å²) >= 11 is 0. The van der Waals surface area contributed by atoms with Crippen molar-refractivity contribution >= 4 is 5.97 Å². The van der Waals surface area contributed by atoms with Crippen LogP contribution in [0.25, 0.3) is 0 Å². The molecule has 2 aromatic rings. The van der Waals surface area contributed by atoms with Gasteiger partial charge in [-0.15, -0.1) is 0 Å². The fourth-order valence-corrected chi connectivity index (χ4v) is 2.22. The third-order valence-corrected chi connectivity index (χ3v) is 3.39. The van der Waals surface area contributed by atoms with E-state index in [1.54, 1.807) is 24.3 Å². The summed E-state index contributed by atoms with van der Waals surface area (Å²) in [6.07, 6.45) is 0. The predicted molar refractivity (Wildman–Crippen MR) is 80.9 cm³/mol. The van der Waals surface area contributed by atoms with E-state index in [2.05, 4.69) is 11.4 Å². The van der Waals surface area contributed by atoms with Gasteiger partial charge in [0.1, 0.15) is 17.6 Å². The Morgan fingerprint density at radius 3 is 2.73 bits per heavy atom. The maximum absolute atomic E-state index is 12.1. The number of nitrogens with one attached hydrogen (secondary N) is 1. The third kappa shape index (κ3) is 3.54. The summed E-state index contributed by atoms with van der Waals surface area (Å²) in [6.45, 7) is 3.77. The van der Waals surface area contributed by atoms with Crippen molar-refractivity contribution in [2.45, 2.75) is 25.9 Å². The van der Waals surface area contributed by atoms with Gasteiger partial charge in [0.25, 0.3) is 0 Å². The highest BCUT2D eigenvalue weighted by Crippen LogP contribution is 2.23. The molecule has 114 valence electrons. The van der Waals surface area contributed by atoms with Crippen LogP contribution in [0, 0.1) is 18.3 Å². The SMILES string of the molecule is COC(=O)[C@H](N[C@H](C)c1ccc(C)o1)c1cccc(C#N)c1. The molecular weight excluding hydrogens is 280 g/mol. The minimum Gasteiger partial charge on any atom is -0.468 e. The molecule has 0 radical (unpaired) electrons. The molecular formula is C17H18N2O3. The first kappa shape index (κ1) is 15.8. The standard InChI is InChI=1S/C17H18N2O3/c1-11-7-8-15(22-11)12(2)19-16(17(20)21-3)14-6-4-5-13(9-14)10-18/h4-9,12,16,19H,1-3H3/t12-,16-/m1/s1. The van der Waals surface area contributed by atoms with Crippen molar-refractivity contribution in [1.82, 2.24) is 5.32 Å². The monoisotopic (exact) mass is 298 g/mol. The molecule has 0 aliphatic heterocycles. The molecule has 0 amide bonds. The maximum Gasteiger partial charge on any atom is 0.327 e. The van der Waals surface area contributed by atoms with Crippen molar-refractivity contribution in [2.75, 3.05) is 7.11 Å². The zero-order chi connectivity index (χ0) is 16.1. The number of nitrogens with zero attached hydrogens (tertiary/aromatic N) is 1. The van der Waals surface area contributed by atoms with E-state index in [0.29, 0.717) is 11.1 Å². The molecule has 1 aromatic heterocycles. The molecule has 0 saturated heterocycles. The van der Waals surface area contributed by atoms with Gasteiger partial charge in [-0.1, -0.05) is 12.1 Å². The number of hydrogen-bond acceptors (Lipinski definition) is 5. The second-order valence-corrected chi connectivity index (χ2v) is 5.03. The van der Waals surface area contributed by atoms with Crippen molar-refractivity contribution in [3.05, 3.63) is 59.0 Å². The number of rotatable bonds is 5. The fraction of sp³-hybridized carbons (Fsp3) is 0.294. The van der Waals surface area contributed by atoms with E-state index in [-0.39, 0.29) is 6.04 Å². The zero-order valence-corrected chi connectivity index (χ0v) is 12.8. The first-order chi connectivity index (χ1) is 10.5. The van der Waals surface area contributed by atoms with E-state index in [4.69, 9.17) is 14.4 Å². The summed E-state index contributed by atoms with van der Waals surface area (Å²) in [5, 5.41) is 12.2. The van der Waals surface area contributed by atoms with Crippen molar-refractivity contribution in [3.63, 3.8) is 0 Å². The molecule has 5 nitrogen and oxygen atoms in total. The Morgan fingerprint density at radius 2 is 2.14 bits per heavy atom. The molecule has 0 bridgehead atoms. The van der Waals surface area contributed by atoms with Gasteiger partial charge in [-0.2, -0.15) is 5.26 Å². The van der Waals surface area contributed by atoms with E-state index in [1.165, 1.54) is 7.11 Å². The lowest BCUT2D eigenvalue weighted by Crippen LogP contribution is -2.31. The number of ether oxygens (including phenoxy) is 1. The van der Waals surface area contributed by atoms with Crippen LogP contribution in [0.1, 0.15) is 41.7 Å². The smallest absolute Gasteiger partial charge is 0.327 e. The quantitative estimate of drug-likeness (QED) is 0.859. The van der Waals surface area contributed by atoms with Gasteiger partial charge in [0.05, 0.1) is 24.8 Å². The molecule has 1 aromatic carbocycles. The highest BCUT2D eigenvalue weighted by Gasteiger charge is 2.25. The van der Waals surface area contributed by atoms with E-state index >= 15 is 0 Å². The number of aryl methyl sites for hydroxylation is 1. The van der Waals surface area contributed by atoms with E-state index in [9.17, 15) is 4.79 Å². The van der Waals surface area contributed by atoms with Crippen LogP contribution in [0.4, 0.5) is 0 Å². The molecule has 0 fully saturated rings. The minimum atomic E-state index is -0.668. The highest BCUT2D eigenvalue weighted by molar-refractivity contribution is 5.77. The van der Waals surface area contributed by atoms with Crippen LogP contribution in [0.3, 0.4) is 0 Å². The van der Waals surface area contributed by atoms with Crippen molar-refractivity contribution in [3.8, 4) is 6.07 Å². The second-order valence-electron chi connectivity index (χ2n) is 5.03. The highest BCUT2D eigenvalue weighted by atomic mass is 16.5. The molecule has 0 unspecified atom stereocenters. The summed E-state index contributed by atoms with van der Waals surface area (Å²) in [6, 6.07) is 11.9. The number of esters is 1. The van der Waals surface area contributed by atoms with Gasteiger partial charge >= 0.3 is 5.97 Å². The van der Waals surface area contributed by atoms with Crippen LogP contribution in [0.5, 0.6) is 0 Å². The van der Waals surface area contributed by atoms with E-state index in [1.807, 2.05) is 26.0 Å². The van der Waals surface area contributed by atoms with Crippen LogP contribution in [-0.4, -0.2) is 13.1 Å². The Morgan fingerprint density at radius 1 is 1.36 bits per heavy atom. The number of benzene rings is 1. The Bertz CT molecular complexity index is 700. The fourth-order valence-electron chi connectivity index (χ4n) is 2.22. The second kappa shape index (κ2) is 6.92. The van der Waals surface area contributed by atoms with Crippen LogP contribution >= 0.6 is 0 Å². The lowest BCUT2D eigenvalue weighted by atomic mass is 10.0. The van der Waals surface area contributed by atoms with Gasteiger partial charge < -0.3 is 9.15 Å². The van der Waals surface area contributed by atoms with Crippen LogP contribution in [0.15, 0.2) is 40.8 Å². The molecule has 1 heterocycles. The molecule has 5 heteroatoms. The first-order valence-corrected chi connectivity index (χ1v) is 6.95. The largest absolute Gasteiger partial charge is 0.468 e. The Balaban J connectivity index is 2.26. The normalized spacial score (nSPS) is 13.2. The number of carbonyl (C=O) groups excluding carboxylic acids is 1. The molecule has 2 rings (SSSR count). The third-order valence-electron chi connectivity index (χ3n) is 3.39. The van der Waals surface area contributed by atoms with Crippen LogP contribution < -0.4 is 5.32 Å². The van der Waals surface area contributed by atoms with Crippen LogP contribution in [-0.2, 0) is 9.53 Å². The van der Waals surface area contributed by atoms with Crippen molar-refractivity contribution < 1.29 is 13.9 Å². The van der Waals surface area contributed by atoms with Crippen LogP contribution in [0.2, 0.25) is 0 Å². The Kier molecular flexibility index (Phi) is 4.97. The lowest BCUT2D eigenvalue weighted by Gasteiger charge is -2.20. The average molecular weight is 298 g/mol. The van der Waals surface area contributed by atoms with Gasteiger partial charge in [0, 0.05) is 0 Å². The molecule has 0 spiro atoms. The molecule has 2 atom stereocenters.